The summed E-state index contributed by atoms with van der Waals surface area (Å²) in [5.74, 6) is 0.399. The topological polar surface area (TPSA) is 93.8 Å². The molecule has 0 spiro atoms. The van der Waals surface area contributed by atoms with Gasteiger partial charge in [0.05, 0.1) is 18.3 Å². The number of allylic oxidation sites excluding steroid dienone is 9. The van der Waals surface area contributed by atoms with Crippen LogP contribution >= 0.6 is 0 Å². The van der Waals surface area contributed by atoms with Crippen LogP contribution < -0.4 is 11.1 Å². The lowest BCUT2D eigenvalue weighted by Crippen LogP contribution is -2.52. The Kier molecular flexibility index (Phi) is 15.9. The van der Waals surface area contributed by atoms with Crippen LogP contribution in [-0.4, -0.2) is 48.2 Å². The molecule has 7 atom stereocenters. The molecule has 0 aromatic rings. The average molecular weight is 487 g/mol. The molecule has 6 nitrogen and oxygen atoms in total. The van der Waals surface area contributed by atoms with Gasteiger partial charge in [-0.1, -0.05) is 94.5 Å². The molecule has 0 bridgehead atoms. The van der Waals surface area contributed by atoms with Gasteiger partial charge in [0.15, 0.2) is 6.29 Å². The predicted octanol–water partition coefficient (Wildman–Crippen LogP) is 4.74. The molecule has 0 aromatic heterocycles. The zero-order valence-corrected chi connectivity index (χ0v) is 22.0. The van der Waals surface area contributed by atoms with Crippen LogP contribution in [0.1, 0.15) is 53.9 Å². The molecule has 2 aliphatic rings. The molecule has 35 heavy (non-hydrogen) atoms. The highest BCUT2D eigenvalue weighted by Crippen LogP contribution is 2.25. The number of nitrogens with one attached hydrogen (secondary N) is 1. The minimum atomic E-state index is -0.673. The number of amides is 1. The van der Waals surface area contributed by atoms with Crippen LogP contribution in [0.15, 0.2) is 72.9 Å². The monoisotopic (exact) mass is 486 g/mol. The van der Waals surface area contributed by atoms with Gasteiger partial charge in [0.25, 0.3) is 0 Å². The first-order chi connectivity index (χ1) is 16.9. The lowest BCUT2D eigenvalue weighted by Gasteiger charge is -2.38. The zero-order chi connectivity index (χ0) is 26.1. The molecule has 2 aliphatic heterocycles. The Balaban J connectivity index is 0.00000298. The Morgan fingerprint density at radius 2 is 1.60 bits per heavy atom. The quantitative estimate of drug-likeness (QED) is 0.524. The number of carbonyl (C=O) groups is 1. The van der Waals surface area contributed by atoms with Gasteiger partial charge >= 0.3 is 0 Å². The Morgan fingerprint density at radius 3 is 2.29 bits per heavy atom. The number of aliphatic hydroxyl groups excluding tert-OH is 1. The molecule has 0 saturated carbocycles. The molecule has 4 N–H and O–H groups in total. The molecule has 1 saturated heterocycles. The maximum atomic E-state index is 11.9. The average Bonchev–Trinajstić information content (AvgIpc) is 2.84. The SMILES string of the molecule is CC.CC1/C=C/C=C\C=C\CC(C)C(OC2CC(N)C(O)C(C)O2)C\C=C/C=C/C=C\C(=O)NC1. The third kappa shape index (κ3) is 12.9. The van der Waals surface area contributed by atoms with Gasteiger partial charge < -0.3 is 25.6 Å². The molecule has 2 heterocycles. The first-order valence-corrected chi connectivity index (χ1v) is 12.9. The van der Waals surface area contributed by atoms with Crippen molar-refractivity contribution in [3.05, 3.63) is 72.9 Å². The highest BCUT2D eigenvalue weighted by atomic mass is 16.7. The molecule has 0 radical (unpaired) electrons. The zero-order valence-electron chi connectivity index (χ0n) is 22.0. The van der Waals surface area contributed by atoms with Crippen molar-refractivity contribution in [3.8, 4) is 0 Å². The van der Waals surface area contributed by atoms with Crippen LogP contribution in [0.3, 0.4) is 0 Å². The van der Waals surface area contributed by atoms with E-state index in [4.69, 9.17) is 15.2 Å². The summed E-state index contributed by atoms with van der Waals surface area (Å²) in [4.78, 5) is 11.9. The van der Waals surface area contributed by atoms with E-state index in [1.54, 1.807) is 6.08 Å². The number of nitrogens with two attached hydrogens (primary N) is 1. The standard InChI is InChI=1S/C27H40N2O4.C2H6/c1-20-14-10-6-4-7-11-15-21(2)24(33-26-18-23(28)27(31)22(3)32-26)16-12-8-5-9-13-17-25(30)29-19-20;1-2/h4-14,17,20-24,26-27,31H,15-16,18-19,28H2,1-3H3,(H,29,30);1-2H3/b6-4-,9-5+,11-7+,12-8-,14-10+,17-13-;. The van der Waals surface area contributed by atoms with E-state index >= 15 is 0 Å². The maximum Gasteiger partial charge on any atom is 0.243 e. The molecular weight excluding hydrogens is 440 g/mol. The van der Waals surface area contributed by atoms with Gasteiger partial charge in [-0.2, -0.15) is 0 Å². The predicted molar refractivity (Wildman–Crippen MR) is 145 cm³/mol. The summed E-state index contributed by atoms with van der Waals surface area (Å²) in [5.41, 5.74) is 6.07. The Morgan fingerprint density at radius 1 is 0.971 bits per heavy atom. The molecule has 1 amide bonds. The van der Waals surface area contributed by atoms with Crippen molar-refractivity contribution in [2.75, 3.05) is 6.54 Å². The third-order valence-corrected chi connectivity index (χ3v) is 5.81. The summed E-state index contributed by atoms with van der Waals surface area (Å²) in [7, 11) is 0. The van der Waals surface area contributed by atoms with Crippen LogP contribution in [0.2, 0.25) is 0 Å². The lowest BCUT2D eigenvalue weighted by atomic mass is 9.96. The summed E-state index contributed by atoms with van der Waals surface area (Å²) in [6.07, 6.45) is 23.7. The largest absolute Gasteiger partial charge is 0.389 e. The second-order valence-electron chi connectivity index (χ2n) is 8.88. The second-order valence-corrected chi connectivity index (χ2v) is 8.88. The number of rotatable bonds is 2. The van der Waals surface area contributed by atoms with Crippen molar-refractivity contribution in [2.24, 2.45) is 17.6 Å². The van der Waals surface area contributed by atoms with Gasteiger partial charge in [-0.05, 0) is 31.6 Å². The summed E-state index contributed by atoms with van der Waals surface area (Å²) in [6.45, 7) is 10.6. The van der Waals surface area contributed by atoms with Crippen LogP contribution in [0.5, 0.6) is 0 Å². The fourth-order valence-corrected chi connectivity index (χ4v) is 3.65. The van der Waals surface area contributed by atoms with Crippen LogP contribution in [0.4, 0.5) is 0 Å². The van der Waals surface area contributed by atoms with Gasteiger partial charge in [0, 0.05) is 25.1 Å². The molecule has 0 aromatic carbocycles. The van der Waals surface area contributed by atoms with Crippen molar-refractivity contribution < 1.29 is 19.4 Å². The molecule has 7 unspecified atom stereocenters. The highest BCUT2D eigenvalue weighted by Gasteiger charge is 2.35. The lowest BCUT2D eigenvalue weighted by molar-refractivity contribution is -0.244. The third-order valence-electron chi connectivity index (χ3n) is 5.81. The Bertz CT molecular complexity index is 757. The fourth-order valence-electron chi connectivity index (χ4n) is 3.65. The minimum Gasteiger partial charge on any atom is -0.389 e. The summed E-state index contributed by atoms with van der Waals surface area (Å²) >= 11 is 0. The van der Waals surface area contributed by atoms with Crippen LogP contribution in [0, 0.1) is 11.8 Å². The number of ether oxygens (including phenoxy) is 2. The van der Waals surface area contributed by atoms with E-state index in [2.05, 4.69) is 37.4 Å². The number of aliphatic hydroxyl groups is 1. The van der Waals surface area contributed by atoms with Crippen LogP contribution in [0.25, 0.3) is 0 Å². The fraction of sp³-hybridized carbons (Fsp3) is 0.552. The summed E-state index contributed by atoms with van der Waals surface area (Å²) in [5, 5.41) is 12.9. The van der Waals surface area contributed by atoms with E-state index in [9.17, 15) is 9.90 Å². The highest BCUT2D eigenvalue weighted by molar-refractivity contribution is 5.87. The van der Waals surface area contributed by atoms with Gasteiger partial charge in [-0.25, -0.2) is 0 Å². The van der Waals surface area contributed by atoms with E-state index in [-0.39, 0.29) is 36.0 Å². The van der Waals surface area contributed by atoms with E-state index in [1.165, 1.54) is 6.08 Å². The van der Waals surface area contributed by atoms with Gasteiger partial charge in [-0.3, -0.25) is 4.79 Å². The van der Waals surface area contributed by atoms with E-state index < -0.39 is 12.4 Å². The van der Waals surface area contributed by atoms with Crippen molar-refractivity contribution >= 4 is 5.91 Å². The minimum absolute atomic E-state index is 0.0596. The van der Waals surface area contributed by atoms with Crippen molar-refractivity contribution in [1.82, 2.24) is 5.32 Å². The smallest absolute Gasteiger partial charge is 0.243 e. The number of hydrogen-bond acceptors (Lipinski definition) is 5. The van der Waals surface area contributed by atoms with Gasteiger partial charge in [-0.15, -0.1) is 0 Å². The van der Waals surface area contributed by atoms with Crippen molar-refractivity contribution in [2.45, 2.75) is 84.5 Å². The Labute approximate surface area is 212 Å². The van der Waals surface area contributed by atoms with Crippen molar-refractivity contribution in [1.29, 1.82) is 0 Å². The molecule has 0 aliphatic carbocycles. The maximum absolute atomic E-state index is 11.9. The molecule has 1 fully saturated rings. The first kappa shape index (κ1) is 30.8. The molecule has 196 valence electrons. The van der Waals surface area contributed by atoms with E-state index in [1.807, 2.05) is 63.3 Å². The number of carbonyl (C=O) groups excluding carboxylic acids is 1. The van der Waals surface area contributed by atoms with Crippen LogP contribution in [-0.2, 0) is 14.3 Å². The van der Waals surface area contributed by atoms with Gasteiger partial charge in [0.2, 0.25) is 5.91 Å². The summed E-state index contributed by atoms with van der Waals surface area (Å²) in [6, 6.07) is -0.357. The van der Waals surface area contributed by atoms with Crippen molar-refractivity contribution in [3.63, 3.8) is 0 Å². The number of hydrogen-bond donors (Lipinski definition) is 3. The Hall–Kier alpha value is -2.25. The molecule has 2 rings (SSSR count). The van der Waals surface area contributed by atoms with E-state index in [0.717, 1.165) is 6.42 Å². The second kappa shape index (κ2) is 18.1. The normalized spacial score (nSPS) is 38.5. The van der Waals surface area contributed by atoms with E-state index in [0.29, 0.717) is 19.4 Å². The first-order valence-electron chi connectivity index (χ1n) is 12.9. The van der Waals surface area contributed by atoms with Gasteiger partial charge in [0.1, 0.15) is 0 Å². The molecular formula is C29H46N2O4. The molecule has 6 heteroatoms. The summed E-state index contributed by atoms with van der Waals surface area (Å²) < 4.78 is 12.2.